The van der Waals surface area contributed by atoms with Crippen molar-refractivity contribution in [3.8, 4) is 0 Å². The summed E-state index contributed by atoms with van der Waals surface area (Å²) < 4.78 is 33.3. The predicted molar refractivity (Wildman–Crippen MR) is 144 cm³/mol. The molecule has 11 heteroatoms. The lowest BCUT2D eigenvalue weighted by atomic mass is 9.83. The predicted octanol–water partition coefficient (Wildman–Crippen LogP) is 1.49. The summed E-state index contributed by atoms with van der Waals surface area (Å²) >= 11 is 0. The first kappa shape index (κ1) is 27.7. The third kappa shape index (κ3) is 6.77. The molecule has 4 atom stereocenters. The Hall–Kier alpha value is -3.28. The van der Waals surface area contributed by atoms with Crippen LogP contribution < -0.4 is 15.8 Å². The van der Waals surface area contributed by atoms with Gasteiger partial charge in [-0.25, -0.2) is 13.1 Å². The van der Waals surface area contributed by atoms with Crippen molar-refractivity contribution in [2.75, 3.05) is 13.7 Å². The number of hydrogen-bond acceptors (Lipinski definition) is 6. The number of fused-ring (bicyclic) bond motifs is 1. The van der Waals surface area contributed by atoms with Gasteiger partial charge in [0, 0.05) is 25.3 Å². The zero-order valence-corrected chi connectivity index (χ0v) is 22.2. The van der Waals surface area contributed by atoms with Crippen molar-refractivity contribution in [2.45, 2.75) is 56.2 Å². The lowest BCUT2D eigenvalue weighted by molar-refractivity contribution is -0.140. The van der Waals surface area contributed by atoms with Crippen LogP contribution in [-0.2, 0) is 36.6 Å². The Bertz CT molecular complexity index is 1250. The molecule has 0 radical (unpaired) electrons. The van der Waals surface area contributed by atoms with Crippen LogP contribution in [0.25, 0.3) is 0 Å². The maximum absolute atomic E-state index is 13.4. The number of amides is 2. The first-order chi connectivity index (χ1) is 18.2. The molecule has 1 aliphatic carbocycles. The number of nitrogens with one attached hydrogen (secondary N) is 3. The van der Waals surface area contributed by atoms with E-state index in [-0.39, 0.29) is 42.1 Å². The number of rotatable bonds is 10. The van der Waals surface area contributed by atoms with Crippen molar-refractivity contribution in [2.24, 2.45) is 11.7 Å². The largest absolute Gasteiger partial charge is 0.384 e. The van der Waals surface area contributed by atoms with Crippen LogP contribution in [0.1, 0.15) is 42.4 Å². The molecule has 0 bridgehead atoms. The summed E-state index contributed by atoms with van der Waals surface area (Å²) in [7, 11) is -2.10. The fourth-order valence-electron chi connectivity index (χ4n) is 5.44. The molecule has 2 fully saturated rings. The van der Waals surface area contributed by atoms with Gasteiger partial charge >= 0.3 is 0 Å². The van der Waals surface area contributed by atoms with Gasteiger partial charge in [0.15, 0.2) is 0 Å². The molecule has 2 aromatic rings. The lowest BCUT2D eigenvalue weighted by Gasteiger charge is -2.36. The third-order valence-electron chi connectivity index (χ3n) is 7.43. The molecule has 5 N–H and O–H groups in total. The van der Waals surface area contributed by atoms with Crippen LogP contribution in [0.3, 0.4) is 0 Å². The molecule has 38 heavy (non-hydrogen) atoms. The Morgan fingerprint density at radius 1 is 1.05 bits per heavy atom. The normalized spacial score (nSPS) is 23.0. The van der Waals surface area contributed by atoms with E-state index in [2.05, 4.69) is 10.0 Å². The first-order valence-electron chi connectivity index (χ1n) is 12.7. The van der Waals surface area contributed by atoms with Crippen molar-refractivity contribution >= 4 is 27.7 Å². The molecular formula is C27H35N5O5S. The van der Waals surface area contributed by atoms with Crippen LogP contribution in [0.2, 0.25) is 0 Å². The number of carbonyl (C=O) groups is 2. The topological polar surface area (TPSA) is 155 Å². The van der Waals surface area contributed by atoms with E-state index in [1.165, 1.54) is 0 Å². The number of benzene rings is 2. The number of nitrogen functional groups attached to an aromatic ring is 1. The molecule has 0 spiro atoms. The van der Waals surface area contributed by atoms with Crippen molar-refractivity contribution in [1.29, 1.82) is 5.41 Å². The van der Waals surface area contributed by atoms with Gasteiger partial charge < -0.3 is 20.7 Å². The number of likely N-dealkylation sites (tertiary alicyclic amines) is 1. The molecule has 0 aromatic heterocycles. The van der Waals surface area contributed by atoms with Gasteiger partial charge in [-0.1, -0.05) is 54.6 Å². The molecule has 2 aliphatic rings. The Labute approximate surface area is 223 Å². The van der Waals surface area contributed by atoms with E-state index in [9.17, 15) is 18.0 Å². The van der Waals surface area contributed by atoms with E-state index in [1.54, 1.807) is 66.6 Å². The van der Waals surface area contributed by atoms with Crippen LogP contribution in [0.4, 0.5) is 0 Å². The summed E-state index contributed by atoms with van der Waals surface area (Å²) in [6, 6.07) is 14.9. The molecular weight excluding hydrogens is 506 g/mol. The van der Waals surface area contributed by atoms with Crippen molar-refractivity contribution < 1.29 is 22.7 Å². The van der Waals surface area contributed by atoms with Gasteiger partial charge in [0.2, 0.25) is 21.8 Å². The van der Waals surface area contributed by atoms with E-state index < -0.39 is 28.5 Å². The summed E-state index contributed by atoms with van der Waals surface area (Å²) in [6.07, 6.45) is 2.82. The highest BCUT2D eigenvalue weighted by atomic mass is 32.2. The molecule has 2 amide bonds. The molecule has 10 nitrogen and oxygen atoms in total. The Morgan fingerprint density at radius 2 is 1.76 bits per heavy atom. The molecule has 1 saturated heterocycles. The fourth-order valence-corrected chi connectivity index (χ4v) is 6.52. The van der Waals surface area contributed by atoms with Crippen LogP contribution in [0, 0.1) is 11.3 Å². The highest BCUT2D eigenvalue weighted by molar-refractivity contribution is 7.88. The molecule has 0 unspecified atom stereocenters. The molecule has 204 valence electrons. The highest BCUT2D eigenvalue weighted by Gasteiger charge is 2.49. The second kappa shape index (κ2) is 12.1. The number of amidine groups is 1. The Balaban J connectivity index is 1.44. The minimum Gasteiger partial charge on any atom is -0.384 e. The van der Waals surface area contributed by atoms with Gasteiger partial charge in [-0.05, 0) is 42.7 Å². The average molecular weight is 542 g/mol. The summed E-state index contributed by atoms with van der Waals surface area (Å²) in [5, 5.41) is 10.4. The summed E-state index contributed by atoms with van der Waals surface area (Å²) in [5.74, 6) is -0.805. The lowest BCUT2D eigenvalue weighted by Crippen LogP contribution is -2.53. The second-order valence-electron chi connectivity index (χ2n) is 9.94. The van der Waals surface area contributed by atoms with Gasteiger partial charge in [0.1, 0.15) is 11.9 Å². The first-order valence-corrected chi connectivity index (χ1v) is 14.4. The van der Waals surface area contributed by atoms with E-state index in [1.807, 2.05) is 0 Å². The van der Waals surface area contributed by atoms with E-state index in [0.29, 0.717) is 24.0 Å². The molecule has 1 aliphatic heterocycles. The number of carbonyl (C=O) groups excluding carboxylic acids is 2. The minimum absolute atomic E-state index is 0.0112. The molecule has 1 saturated carbocycles. The van der Waals surface area contributed by atoms with Crippen molar-refractivity contribution in [1.82, 2.24) is 14.9 Å². The van der Waals surface area contributed by atoms with Gasteiger partial charge in [0.25, 0.3) is 0 Å². The van der Waals surface area contributed by atoms with Crippen LogP contribution in [0.15, 0.2) is 54.6 Å². The summed E-state index contributed by atoms with van der Waals surface area (Å²) in [4.78, 5) is 28.3. The van der Waals surface area contributed by atoms with E-state index >= 15 is 0 Å². The van der Waals surface area contributed by atoms with Gasteiger partial charge in [-0.15, -0.1) is 0 Å². The molecule has 2 aromatic carbocycles. The third-order valence-corrected chi connectivity index (χ3v) is 8.72. The quantitative estimate of drug-likeness (QED) is 0.264. The zero-order chi connectivity index (χ0) is 27.3. The number of hydrogen-bond donors (Lipinski definition) is 4. The second-order valence-corrected chi connectivity index (χ2v) is 11.8. The Kier molecular flexibility index (Phi) is 8.80. The van der Waals surface area contributed by atoms with Gasteiger partial charge in [-0.3, -0.25) is 15.0 Å². The maximum atomic E-state index is 13.4. The number of nitrogens with two attached hydrogens (primary N) is 1. The molecule has 1 heterocycles. The van der Waals surface area contributed by atoms with Crippen LogP contribution >= 0.6 is 0 Å². The van der Waals surface area contributed by atoms with E-state index in [0.717, 1.165) is 18.4 Å². The smallest absolute Gasteiger partial charge is 0.243 e. The van der Waals surface area contributed by atoms with Crippen molar-refractivity contribution in [3.05, 3.63) is 71.3 Å². The number of ether oxygens (including phenoxy) is 1. The summed E-state index contributed by atoms with van der Waals surface area (Å²) in [5.41, 5.74) is 7.56. The van der Waals surface area contributed by atoms with Gasteiger partial charge in [-0.2, -0.15) is 0 Å². The summed E-state index contributed by atoms with van der Waals surface area (Å²) in [6.45, 7) is -0.151. The van der Waals surface area contributed by atoms with E-state index in [4.69, 9.17) is 15.9 Å². The Morgan fingerprint density at radius 3 is 2.42 bits per heavy atom. The monoisotopic (exact) mass is 541 g/mol. The maximum Gasteiger partial charge on any atom is 0.243 e. The highest BCUT2D eigenvalue weighted by Crippen LogP contribution is 2.40. The standard InChI is InChI=1S/C27H35N5O5S/c1-37-22-12-11-21-13-24(27(34)30-15-18-7-9-20(10-8-18)26(28)29)32(23(21)14-22)25(33)16-31-38(35,36)17-19-5-3-2-4-6-19/h2-10,21-24,31H,11-17H2,1H3,(H3,28,29)(H,30,34)/t21-,22+,23-,24-/m0/s1. The van der Waals surface area contributed by atoms with Crippen LogP contribution in [-0.4, -0.2) is 62.8 Å². The zero-order valence-electron chi connectivity index (χ0n) is 21.4. The SMILES string of the molecule is CO[C@@H]1CC[C@H]2C[C@@H](C(=O)NCc3ccc(C(=N)N)cc3)N(C(=O)CNS(=O)(=O)Cc3ccccc3)[C@H]2C1. The fraction of sp³-hybridized carbons (Fsp3) is 0.444. The van der Waals surface area contributed by atoms with Crippen molar-refractivity contribution in [3.63, 3.8) is 0 Å². The van der Waals surface area contributed by atoms with Gasteiger partial charge in [0.05, 0.1) is 18.4 Å². The average Bonchev–Trinajstić information content (AvgIpc) is 3.30. The number of sulfonamides is 1. The number of methoxy groups -OCH3 is 1. The van der Waals surface area contributed by atoms with Crippen LogP contribution in [0.5, 0.6) is 0 Å². The number of nitrogens with zero attached hydrogens (tertiary/aromatic N) is 1. The molecule has 4 rings (SSSR count). The minimum atomic E-state index is -3.74.